The molecule has 0 aliphatic heterocycles. The van der Waals surface area contributed by atoms with E-state index in [9.17, 15) is 4.79 Å². The normalized spacial score (nSPS) is 12.2. The number of nitrogens with one attached hydrogen (secondary N) is 1. The number of nitrogens with two attached hydrogens (primary N) is 1. The first kappa shape index (κ1) is 13.3. The van der Waals surface area contributed by atoms with Crippen molar-refractivity contribution in [1.82, 2.24) is 4.98 Å². The molecule has 94 valence electrons. The molecule has 1 aromatic heterocycles. The standard InChI is InChI=1S/C12H19N3O2/c1-8(2)7-10(12(16)17-3)15-11-9(13)5-4-6-14-11/h4-6,8,10H,7,13H2,1-3H3,(H,14,15). The Morgan fingerprint density at radius 1 is 1.59 bits per heavy atom. The third-order valence-electron chi connectivity index (χ3n) is 2.34. The molecule has 0 aliphatic carbocycles. The Morgan fingerprint density at radius 3 is 2.82 bits per heavy atom. The molecule has 0 radical (unpaired) electrons. The number of carbonyl (C=O) groups excluding carboxylic acids is 1. The maximum atomic E-state index is 11.6. The van der Waals surface area contributed by atoms with Crippen LogP contribution in [0.5, 0.6) is 0 Å². The minimum Gasteiger partial charge on any atom is -0.467 e. The molecule has 1 aromatic rings. The van der Waals surface area contributed by atoms with Crippen molar-refractivity contribution in [3.05, 3.63) is 18.3 Å². The van der Waals surface area contributed by atoms with E-state index in [2.05, 4.69) is 10.3 Å². The number of methoxy groups -OCH3 is 1. The van der Waals surface area contributed by atoms with Crippen LogP contribution in [0.4, 0.5) is 11.5 Å². The average molecular weight is 237 g/mol. The molecule has 0 saturated carbocycles. The molecule has 0 fully saturated rings. The predicted octanol–water partition coefficient (Wildman–Crippen LogP) is 1.66. The number of esters is 1. The maximum Gasteiger partial charge on any atom is 0.328 e. The summed E-state index contributed by atoms with van der Waals surface area (Å²) in [6.45, 7) is 4.08. The van der Waals surface area contributed by atoms with Crippen molar-refractivity contribution in [2.75, 3.05) is 18.2 Å². The Hall–Kier alpha value is -1.78. The van der Waals surface area contributed by atoms with Crippen LogP contribution < -0.4 is 11.1 Å². The summed E-state index contributed by atoms with van der Waals surface area (Å²) in [5.41, 5.74) is 6.28. The molecule has 0 saturated heterocycles. The second-order valence-electron chi connectivity index (χ2n) is 4.29. The van der Waals surface area contributed by atoms with Crippen molar-refractivity contribution in [2.45, 2.75) is 26.3 Å². The van der Waals surface area contributed by atoms with Crippen molar-refractivity contribution in [3.8, 4) is 0 Å². The second-order valence-corrected chi connectivity index (χ2v) is 4.29. The lowest BCUT2D eigenvalue weighted by atomic mass is 10.0. The van der Waals surface area contributed by atoms with Crippen LogP contribution in [0.15, 0.2) is 18.3 Å². The summed E-state index contributed by atoms with van der Waals surface area (Å²) in [6.07, 6.45) is 2.30. The molecule has 1 heterocycles. The number of carbonyl (C=O) groups is 1. The van der Waals surface area contributed by atoms with Gasteiger partial charge in [-0.25, -0.2) is 9.78 Å². The van der Waals surface area contributed by atoms with E-state index in [4.69, 9.17) is 10.5 Å². The van der Waals surface area contributed by atoms with E-state index in [1.54, 1.807) is 18.3 Å². The Balaban J connectivity index is 2.79. The molecule has 1 atom stereocenters. The molecule has 0 aliphatic rings. The fourth-order valence-electron chi connectivity index (χ4n) is 1.53. The first-order chi connectivity index (χ1) is 8.04. The third-order valence-corrected chi connectivity index (χ3v) is 2.34. The largest absolute Gasteiger partial charge is 0.467 e. The van der Waals surface area contributed by atoms with Crippen LogP contribution in [-0.4, -0.2) is 24.1 Å². The van der Waals surface area contributed by atoms with Gasteiger partial charge in [-0.15, -0.1) is 0 Å². The smallest absolute Gasteiger partial charge is 0.328 e. The second kappa shape index (κ2) is 6.08. The number of nitrogens with zero attached hydrogens (tertiary/aromatic N) is 1. The van der Waals surface area contributed by atoms with Gasteiger partial charge in [0, 0.05) is 6.20 Å². The third kappa shape index (κ3) is 3.94. The zero-order valence-corrected chi connectivity index (χ0v) is 10.4. The number of aromatic nitrogens is 1. The van der Waals surface area contributed by atoms with Crippen LogP contribution in [0, 0.1) is 5.92 Å². The number of anilines is 2. The van der Waals surface area contributed by atoms with Crippen LogP contribution in [-0.2, 0) is 9.53 Å². The van der Waals surface area contributed by atoms with Crippen molar-refractivity contribution in [3.63, 3.8) is 0 Å². The number of ether oxygens (including phenoxy) is 1. The van der Waals surface area contributed by atoms with E-state index >= 15 is 0 Å². The quantitative estimate of drug-likeness (QED) is 0.762. The van der Waals surface area contributed by atoms with Gasteiger partial charge in [-0.3, -0.25) is 0 Å². The number of hydrogen-bond acceptors (Lipinski definition) is 5. The number of rotatable bonds is 5. The van der Waals surface area contributed by atoms with Crippen molar-refractivity contribution < 1.29 is 9.53 Å². The average Bonchev–Trinajstić information content (AvgIpc) is 2.29. The summed E-state index contributed by atoms with van der Waals surface area (Å²) in [5, 5.41) is 3.02. The summed E-state index contributed by atoms with van der Waals surface area (Å²) in [6, 6.07) is 3.06. The van der Waals surface area contributed by atoms with Crippen LogP contribution in [0.2, 0.25) is 0 Å². The molecule has 3 N–H and O–H groups in total. The van der Waals surface area contributed by atoms with Gasteiger partial charge >= 0.3 is 5.97 Å². The van der Waals surface area contributed by atoms with Gasteiger partial charge in [0.25, 0.3) is 0 Å². The van der Waals surface area contributed by atoms with Gasteiger partial charge in [-0.05, 0) is 24.5 Å². The summed E-state index contributed by atoms with van der Waals surface area (Å²) < 4.78 is 4.76. The lowest BCUT2D eigenvalue weighted by molar-refractivity contribution is -0.141. The van der Waals surface area contributed by atoms with Crippen LogP contribution >= 0.6 is 0 Å². The lowest BCUT2D eigenvalue weighted by Crippen LogP contribution is -2.32. The summed E-state index contributed by atoms with van der Waals surface area (Å²) in [5.74, 6) is 0.587. The Morgan fingerprint density at radius 2 is 2.29 bits per heavy atom. The van der Waals surface area contributed by atoms with Gasteiger partial charge < -0.3 is 15.8 Å². The molecule has 0 amide bonds. The predicted molar refractivity (Wildman–Crippen MR) is 67.5 cm³/mol. The molecule has 1 unspecified atom stereocenters. The molecular formula is C12H19N3O2. The van der Waals surface area contributed by atoms with E-state index in [0.29, 0.717) is 23.8 Å². The molecule has 0 spiro atoms. The summed E-state index contributed by atoms with van der Waals surface area (Å²) in [4.78, 5) is 15.7. The Bertz CT molecular complexity index is 380. The molecule has 5 heteroatoms. The first-order valence-corrected chi connectivity index (χ1v) is 5.59. The Kier molecular flexibility index (Phi) is 4.75. The highest BCUT2D eigenvalue weighted by molar-refractivity contribution is 5.80. The van der Waals surface area contributed by atoms with E-state index in [1.807, 2.05) is 13.8 Å². The summed E-state index contributed by atoms with van der Waals surface area (Å²) in [7, 11) is 1.37. The highest BCUT2D eigenvalue weighted by Gasteiger charge is 2.21. The molecular weight excluding hydrogens is 218 g/mol. The lowest BCUT2D eigenvalue weighted by Gasteiger charge is -2.19. The fraction of sp³-hybridized carbons (Fsp3) is 0.500. The zero-order chi connectivity index (χ0) is 12.8. The molecule has 1 rings (SSSR count). The highest BCUT2D eigenvalue weighted by Crippen LogP contribution is 2.17. The van der Waals surface area contributed by atoms with Crippen molar-refractivity contribution in [1.29, 1.82) is 0 Å². The van der Waals surface area contributed by atoms with Gasteiger partial charge in [0.1, 0.15) is 11.9 Å². The monoisotopic (exact) mass is 237 g/mol. The molecule has 0 aromatic carbocycles. The van der Waals surface area contributed by atoms with E-state index in [-0.39, 0.29) is 5.97 Å². The molecule has 0 bridgehead atoms. The van der Waals surface area contributed by atoms with Gasteiger partial charge in [0.2, 0.25) is 0 Å². The molecule has 17 heavy (non-hydrogen) atoms. The van der Waals surface area contributed by atoms with Crippen LogP contribution in [0.3, 0.4) is 0 Å². The van der Waals surface area contributed by atoms with Gasteiger partial charge in [-0.2, -0.15) is 0 Å². The van der Waals surface area contributed by atoms with Gasteiger partial charge in [-0.1, -0.05) is 13.8 Å². The van der Waals surface area contributed by atoms with E-state index in [1.165, 1.54) is 7.11 Å². The van der Waals surface area contributed by atoms with Crippen molar-refractivity contribution >= 4 is 17.5 Å². The van der Waals surface area contributed by atoms with Gasteiger partial charge in [0.05, 0.1) is 12.8 Å². The highest BCUT2D eigenvalue weighted by atomic mass is 16.5. The first-order valence-electron chi connectivity index (χ1n) is 5.59. The summed E-state index contributed by atoms with van der Waals surface area (Å²) >= 11 is 0. The topological polar surface area (TPSA) is 77.2 Å². The van der Waals surface area contributed by atoms with E-state index in [0.717, 1.165) is 0 Å². The SMILES string of the molecule is COC(=O)C(CC(C)C)Nc1ncccc1N. The molecule has 5 nitrogen and oxygen atoms in total. The number of nitrogen functional groups attached to an aromatic ring is 1. The van der Waals surface area contributed by atoms with Gasteiger partial charge in [0.15, 0.2) is 0 Å². The van der Waals surface area contributed by atoms with Crippen LogP contribution in [0.1, 0.15) is 20.3 Å². The maximum absolute atomic E-state index is 11.6. The zero-order valence-electron chi connectivity index (χ0n) is 10.4. The van der Waals surface area contributed by atoms with E-state index < -0.39 is 6.04 Å². The number of hydrogen-bond donors (Lipinski definition) is 2. The number of pyridine rings is 1. The van der Waals surface area contributed by atoms with Crippen LogP contribution in [0.25, 0.3) is 0 Å². The minimum absolute atomic E-state index is 0.302. The fourth-order valence-corrected chi connectivity index (χ4v) is 1.53. The van der Waals surface area contributed by atoms with Crippen molar-refractivity contribution in [2.24, 2.45) is 5.92 Å². The minimum atomic E-state index is -0.419. The Labute approximate surface area is 101 Å².